The lowest BCUT2D eigenvalue weighted by Crippen LogP contribution is -2.23. The van der Waals surface area contributed by atoms with Gasteiger partial charge in [0, 0.05) is 25.0 Å². The number of rotatable bonds is 9. The van der Waals surface area contributed by atoms with Gasteiger partial charge in [-0.2, -0.15) is 11.8 Å². The predicted molar refractivity (Wildman–Crippen MR) is 84.1 cm³/mol. The highest BCUT2D eigenvalue weighted by Gasteiger charge is 1.96. The molecule has 1 amide bonds. The van der Waals surface area contributed by atoms with Crippen LogP contribution in [0.5, 0.6) is 5.75 Å². The molecule has 2 N–H and O–H groups in total. The van der Waals surface area contributed by atoms with Crippen LogP contribution in [-0.4, -0.2) is 42.8 Å². The molecule has 20 heavy (non-hydrogen) atoms. The zero-order valence-corrected chi connectivity index (χ0v) is 12.5. The van der Waals surface area contributed by atoms with E-state index in [1.807, 2.05) is 24.3 Å². The van der Waals surface area contributed by atoms with E-state index in [1.165, 1.54) is 6.08 Å². The van der Waals surface area contributed by atoms with Crippen molar-refractivity contribution in [1.82, 2.24) is 5.32 Å². The fraction of sp³-hybridized carbons (Fsp3) is 0.400. The normalized spacial score (nSPS) is 10.7. The van der Waals surface area contributed by atoms with Crippen molar-refractivity contribution in [3.05, 3.63) is 35.9 Å². The number of ether oxygens (including phenoxy) is 1. The van der Waals surface area contributed by atoms with Crippen LogP contribution in [0, 0.1) is 0 Å². The molecule has 0 heterocycles. The Kier molecular flexibility index (Phi) is 8.58. The van der Waals surface area contributed by atoms with Gasteiger partial charge in [-0.15, -0.1) is 0 Å². The minimum absolute atomic E-state index is 0.0939. The number of aliphatic hydroxyl groups is 1. The molecular weight excluding hydrogens is 274 g/mol. The summed E-state index contributed by atoms with van der Waals surface area (Å²) in [5.41, 5.74) is 0.957. The van der Waals surface area contributed by atoms with E-state index in [0.29, 0.717) is 6.54 Å². The van der Waals surface area contributed by atoms with Gasteiger partial charge in [-0.25, -0.2) is 0 Å². The number of aliphatic hydroxyl groups excluding tert-OH is 1. The first kappa shape index (κ1) is 16.6. The zero-order valence-electron chi connectivity index (χ0n) is 11.7. The molecule has 1 aromatic carbocycles. The predicted octanol–water partition coefficient (Wildman–Crippen LogP) is 1.94. The maximum atomic E-state index is 11.6. The summed E-state index contributed by atoms with van der Waals surface area (Å²) in [6.45, 7) is 0.867. The van der Waals surface area contributed by atoms with Crippen molar-refractivity contribution in [2.24, 2.45) is 0 Å². The Bertz CT molecular complexity index is 418. The molecule has 0 aromatic heterocycles. The Labute approximate surface area is 124 Å². The SMILES string of the molecule is COc1ccc(/C=C/C(=O)NCCSCCCO)cc1. The highest BCUT2D eigenvalue weighted by atomic mass is 32.2. The number of amides is 1. The van der Waals surface area contributed by atoms with Crippen LogP contribution >= 0.6 is 11.8 Å². The molecular formula is C15H21NO3S. The molecule has 0 aliphatic carbocycles. The lowest BCUT2D eigenvalue weighted by atomic mass is 10.2. The second kappa shape index (κ2) is 10.3. The molecule has 5 heteroatoms. The number of methoxy groups -OCH3 is 1. The molecule has 0 fully saturated rings. The Morgan fingerprint density at radius 1 is 1.35 bits per heavy atom. The number of benzene rings is 1. The van der Waals surface area contributed by atoms with Gasteiger partial charge in [-0.3, -0.25) is 4.79 Å². The number of nitrogens with one attached hydrogen (secondary N) is 1. The van der Waals surface area contributed by atoms with Crippen molar-refractivity contribution >= 4 is 23.7 Å². The van der Waals surface area contributed by atoms with Crippen molar-refractivity contribution < 1.29 is 14.6 Å². The molecule has 1 rings (SSSR count). The third-order valence-electron chi connectivity index (χ3n) is 2.54. The Balaban J connectivity index is 2.22. The minimum atomic E-state index is -0.0939. The topological polar surface area (TPSA) is 58.6 Å². The molecule has 0 saturated carbocycles. The molecule has 0 bridgehead atoms. The maximum Gasteiger partial charge on any atom is 0.244 e. The number of carbonyl (C=O) groups excluding carboxylic acids is 1. The third kappa shape index (κ3) is 7.21. The second-order valence-electron chi connectivity index (χ2n) is 4.09. The highest BCUT2D eigenvalue weighted by molar-refractivity contribution is 7.99. The summed E-state index contributed by atoms with van der Waals surface area (Å²) in [5.74, 6) is 2.49. The zero-order chi connectivity index (χ0) is 14.6. The van der Waals surface area contributed by atoms with Gasteiger partial charge in [-0.1, -0.05) is 12.1 Å². The molecule has 0 atom stereocenters. The van der Waals surface area contributed by atoms with E-state index in [-0.39, 0.29) is 12.5 Å². The summed E-state index contributed by atoms with van der Waals surface area (Å²) in [7, 11) is 1.62. The van der Waals surface area contributed by atoms with E-state index in [0.717, 1.165) is 29.2 Å². The van der Waals surface area contributed by atoms with Gasteiger partial charge in [0.15, 0.2) is 0 Å². The van der Waals surface area contributed by atoms with Crippen LogP contribution in [0.3, 0.4) is 0 Å². The number of hydrogen-bond acceptors (Lipinski definition) is 4. The molecule has 1 aromatic rings. The van der Waals surface area contributed by atoms with Gasteiger partial charge < -0.3 is 15.2 Å². The summed E-state index contributed by atoms with van der Waals surface area (Å²) >= 11 is 1.73. The van der Waals surface area contributed by atoms with Gasteiger partial charge in [0.1, 0.15) is 5.75 Å². The van der Waals surface area contributed by atoms with E-state index >= 15 is 0 Å². The van der Waals surface area contributed by atoms with Crippen LogP contribution in [0.15, 0.2) is 30.3 Å². The van der Waals surface area contributed by atoms with Crippen molar-refractivity contribution in [3.8, 4) is 5.75 Å². The molecule has 110 valence electrons. The summed E-state index contributed by atoms with van der Waals surface area (Å²) in [6.07, 6.45) is 4.10. The minimum Gasteiger partial charge on any atom is -0.497 e. The Morgan fingerprint density at radius 2 is 2.10 bits per heavy atom. The Hall–Kier alpha value is -1.46. The van der Waals surface area contributed by atoms with Crippen LogP contribution in [0.4, 0.5) is 0 Å². The molecule has 0 aliphatic heterocycles. The first-order valence-electron chi connectivity index (χ1n) is 6.55. The van der Waals surface area contributed by atoms with Crippen molar-refractivity contribution in [1.29, 1.82) is 0 Å². The van der Waals surface area contributed by atoms with E-state index in [2.05, 4.69) is 5.32 Å². The largest absolute Gasteiger partial charge is 0.497 e. The van der Waals surface area contributed by atoms with E-state index < -0.39 is 0 Å². The number of thioether (sulfide) groups is 1. The van der Waals surface area contributed by atoms with E-state index in [1.54, 1.807) is 24.9 Å². The summed E-state index contributed by atoms with van der Waals surface area (Å²) in [4.78, 5) is 11.6. The van der Waals surface area contributed by atoms with Gasteiger partial charge >= 0.3 is 0 Å². The number of carbonyl (C=O) groups is 1. The lowest BCUT2D eigenvalue weighted by molar-refractivity contribution is -0.116. The first-order chi connectivity index (χ1) is 9.76. The van der Waals surface area contributed by atoms with Gasteiger partial charge in [0.2, 0.25) is 5.91 Å². The van der Waals surface area contributed by atoms with Crippen molar-refractivity contribution in [2.75, 3.05) is 31.8 Å². The van der Waals surface area contributed by atoms with Crippen molar-refractivity contribution in [2.45, 2.75) is 6.42 Å². The average Bonchev–Trinajstić information content (AvgIpc) is 2.49. The van der Waals surface area contributed by atoms with Crippen LogP contribution < -0.4 is 10.1 Å². The smallest absolute Gasteiger partial charge is 0.244 e. The lowest BCUT2D eigenvalue weighted by Gasteiger charge is -2.02. The van der Waals surface area contributed by atoms with E-state index in [4.69, 9.17) is 9.84 Å². The quantitative estimate of drug-likeness (QED) is 0.540. The van der Waals surface area contributed by atoms with Gasteiger partial charge in [0.05, 0.1) is 7.11 Å². The standard InChI is InChI=1S/C15H21NO3S/c1-19-14-6-3-13(4-7-14)5-8-15(18)16-9-12-20-11-2-10-17/h3-8,17H,2,9-12H2,1H3,(H,16,18)/b8-5+. The molecule has 0 unspecified atom stereocenters. The summed E-state index contributed by atoms with van der Waals surface area (Å²) < 4.78 is 5.07. The van der Waals surface area contributed by atoms with E-state index in [9.17, 15) is 4.79 Å². The monoisotopic (exact) mass is 295 g/mol. The Morgan fingerprint density at radius 3 is 2.75 bits per heavy atom. The van der Waals surface area contributed by atoms with Crippen molar-refractivity contribution in [3.63, 3.8) is 0 Å². The molecule has 0 saturated heterocycles. The third-order valence-corrected chi connectivity index (χ3v) is 3.61. The second-order valence-corrected chi connectivity index (χ2v) is 5.31. The average molecular weight is 295 g/mol. The maximum absolute atomic E-state index is 11.6. The molecule has 0 aliphatic rings. The highest BCUT2D eigenvalue weighted by Crippen LogP contribution is 2.12. The molecule has 0 radical (unpaired) electrons. The van der Waals surface area contributed by atoms with Crippen LogP contribution in [-0.2, 0) is 4.79 Å². The summed E-state index contributed by atoms with van der Waals surface area (Å²) in [5, 5.41) is 11.4. The van der Waals surface area contributed by atoms with Crippen LogP contribution in [0.1, 0.15) is 12.0 Å². The fourth-order valence-corrected chi connectivity index (χ4v) is 2.24. The van der Waals surface area contributed by atoms with Gasteiger partial charge in [0.25, 0.3) is 0 Å². The van der Waals surface area contributed by atoms with Crippen LogP contribution in [0.2, 0.25) is 0 Å². The number of hydrogen-bond donors (Lipinski definition) is 2. The molecule has 0 spiro atoms. The fourth-order valence-electron chi connectivity index (χ4n) is 1.46. The first-order valence-corrected chi connectivity index (χ1v) is 7.70. The van der Waals surface area contributed by atoms with Gasteiger partial charge in [-0.05, 0) is 35.9 Å². The van der Waals surface area contributed by atoms with Crippen LogP contribution in [0.25, 0.3) is 6.08 Å². The molecule has 4 nitrogen and oxygen atoms in total. The summed E-state index contributed by atoms with van der Waals surface area (Å²) in [6, 6.07) is 7.51.